The normalized spacial score (nSPS) is 20.6. The van der Waals surface area contributed by atoms with Gasteiger partial charge in [0, 0.05) is 5.54 Å². The largest absolute Gasteiger partial charge is 0.325 e. The van der Waals surface area contributed by atoms with Gasteiger partial charge in [0.2, 0.25) is 0 Å². The lowest BCUT2D eigenvalue weighted by atomic mass is 9.77. The predicted molar refractivity (Wildman–Crippen MR) is 65.3 cm³/mol. The van der Waals surface area contributed by atoms with E-state index >= 15 is 0 Å². The summed E-state index contributed by atoms with van der Waals surface area (Å²) in [5, 5.41) is 0. The molecular formula is C13H29N. The molecule has 86 valence electrons. The Bertz CT molecular complexity index is 149. The third-order valence-corrected chi connectivity index (χ3v) is 3.40. The molecule has 0 aliphatic rings. The van der Waals surface area contributed by atoms with Gasteiger partial charge in [-0.1, -0.05) is 41.0 Å². The number of nitrogens with two attached hydrogens (primary N) is 1. The minimum Gasteiger partial charge on any atom is -0.325 e. The minimum atomic E-state index is 0.0169. The summed E-state index contributed by atoms with van der Waals surface area (Å²) >= 11 is 0. The Morgan fingerprint density at radius 1 is 1.14 bits per heavy atom. The minimum absolute atomic E-state index is 0.0169. The molecule has 0 fully saturated rings. The zero-order valence-electron chi connectivity index (χ0n) is 10.9. The molecule has 0 aromatic heterocycles. The van der Waals surface area contributed by atoms with Crippen molar-refractivity contribution in [3.05, 3.63) is 0 Å². The van der Waals surface area contributed by atoms with Crippen LogP contribution in [-0.2, 0) is 0 Å². The third-order valence-electron chi connectivity index (χ3n) is 3.40. The van der Waals surface area contributed by atoms with Crippen molar-refractivity contribution in [2.45, 2.75) is 66.3 Å². The smallest absolute Gasteiger partial charge is 0.0154 e. The second kappa shape index (κ2) is 5.75. The van der Waals surface area contributed by atoms with Crippen molar-refractivity contribution in [1.82, 2.24) is 0 Å². The van der Waals surface area contributed by atoms with Gasteiger partial charge in [0.1, 0.15) is 0 Å². The molecule has 0 radical (unpaired) electrons. The lowest BCUT2D eigenvalue weighted by Crippen LogP contribution is -2.44. The van der Waals surface area contributed by atoms with Crippen molar-refractivity contribution >= 4 is 0 Å². The van der Waals surface area contributed by atoms with Crippen LogP contribution in [-0.4, -0.2) is 5.54 Å². The highest BCUT2D eigenvalue weighted by Gasteiger charge is 2.27. The van der Waals surface area contributed by atoms with Crippen LogP contribution in [0.4, 0.5) is 0 Å². The molecule has 0 bridgehead atoms. The first kappa shape index (κ1) is 14.0. The topological polar surface area (TPSA) is 26.0 Å². The first-order chi connectivity index (χ1) is 6.29. The van der Waals surface area contributed by atoms with Crippen LogP contribution in [0, 0.1) is 17.8 Å². The summed E-state index contributed by atoms with van der Waals surface area (Å²) in [5.41, 5.74) is 6.36. The summed E-state index contributed by atoms with van der Waals surface area (Å²) in [7, 11) is 0. The van der Waals surface area contributed by atoms with Crippen LogP contribution in [0.5, 0.6) is 0 Å². The Hall–Kier alpha value is -0.0400. The van der Waals surface area contributed by atoms with Crippen molar-refractivity contribution in [1.29, 1.82) is 0 Å². The lowest BCUT2D eigenvalue weighted by molar-refractivity contribution is 0.236. The summed E-state index contributed by atoms with van der Waals surface area (Å²) in [5.74, 6) is 2.16. The van der Waals surface area contributed by atoms with E-state index in [1.807, 2.05) is 0 Å². The molecular weight excluding hydrogens is 170 g/mol. The summed E-state index contributed by atoms with van der Waals surface area (Å²) in [6.07, 6.45) is 3.63. The highest BCUT2D eigenvalue weighted by atomic mass is 14.7. The second-order valence-corrected chi connectivity index (χ2v) is 5.75. The Kier molecular flexibility index (Phi) is 5.73. The van der Waals surface area contributed by atoms with Gasteiger partial charge in [-0.15, -0.1) is 0 Å². The van der Waals surface area contributed by atoms with Crippen molar-refractivity contribution in [2.75, 3.05) is 0 Å². The van der Waals surface area contributed by atoms with E-state index in [2.05, 4.69) is 41.5 Å². The van der Waals surface area contributed by atoms with Crippen LogP contribution in [0.2, 0.25) is 0 Å². The van der Waals surface area contributed by atoms with Crippen molar-refractivity contribution in [2.24, 2.45) is 23.5 Å². The van der Waals surface area contributed by atoms with Gasteiger partial charge >= 0.3 is 0 Å². The van der Waals surface area contributed by atoms with Crippen molar-refractivity contribution in [3.8, 4) is 0 Å². The highest BCUT2D eigenvalue weighted by molar-refractivity contribution is 4.85. The number of rotatable bonds is 6. The van der Waals surface area contributed by atoms with Crippen LogP contribution in [0.3, 0.4) is 0 Å². The second-order valence-electron chi connectivity index (χ2n) is 5.75. The van der Waals surface area contributed by atoms with E-state index in [1.54, 1.807) is 0 Å². The summed E-state index contributed by atoms with van der Waals surface area (Å²) in [6.45, 7) is 13.6. The lowest BCUT2D eigenvalue weighted by Gasteiger charge is -2.34. The van der Waals surface area contributed by atoms with Crippen LogP contribution in [0.1, 0.15) is 60.8 Å². The van der Waals surface area contributed by atoms with Gasteiger partial charge in [0.05, 0.1) is 0 Å². The van der Waals surface area contributed by atoms with Crippen molar-refractivity contribution < 1.29 is 0 Å². The molecule has 3 atom stereocenters. The van der Waals surface area contributed by atoms with Gasteiger partial charge in [0.25, 0.3) is 0 Å². The van der Waals surface area contributed by atoms with E-state index in [9.17, 15) is 0 Å². The van der Waals surface area contributed by atoms with E-state index in [1.165, 1.54) is 12.8 Å². The van der Waals surface area contributed by atoms with Crippen LogP contribution in [0.15, 0.2) is 0 Å². The molecule has 0 aromatic rings. The summed E-state index contributed by atoms with van der Waals surface area (Å²) < 4.78 is 0. The molecule has 14 heavy (non-hydrogen) atoms. The van der Waals surface area contributed by atoms with E-state index in [0.29, 0.717) is 5.92 Å². The van der Waals surface area contributed by atoms with E-state index in [-0.39, 0.29) is 5.54 Å². The van der Waals surface area contributed by atoms with Gasteiger partial charge < -0.3 is 5.73 Å². The first-order valence-electron chi connectivity index (χ1n) is 6.08. The molecule has 3 unspecified atom stereocenters. The van der Waals surface area contributed by atoms with Crippen LogP contribution in [0.25, 0.3) is 0 Å². The molecule has 0 aliphatic heterocycles. The fourth-order valence-corrected chi connectivity index (χ4v) is 2.31. The average Bonchev–Trinajstić information content (AvgIpc) is 1.99. The first-order valence-corrected chi connectivity index (χ1v) is 6.08. The van der Waals surface area contributed by atoms with E-state index < -0.39 is 0 Å². The van der Waals surface area contributed by atoms with Gasteiger partial charge in [-0.2, -0.15) is 0 Å². The monoisotopic (exact) mass is 199 g/mol. The van der Waals surface area contributed by atoms with E-state index in [0.717, 1.165) is 18.3 Å². The Balaban J connectivity index is 4.07. The Morgan fingerprint density at radius 3 is 2.00 bits per heavy atom. The third kappa shape index (κ3) is 4.99. The van der Waals surface area contributed by atoms with Crippen LogP contribution < -0.4 is 5.73 Å². The zero-order valence-corrected chi connectivity index (χ0v) is 10.9. The Labute approximate surface area is 90.5 Å². The SMILES string of the molecule is CCC(C)C(C)(N)CC(C)CC(C)C. The molecule has 2 N–H and O–H groups in total. The van der Waals surface area contributed by atoms with Crippen LogP contribution >= 0.6 is 0 Å². The Morgan fingerprint density at radius 2 is 1.64 bits per heavy atom. The zero-order chi connectivity index (χ0) is 11.4. The van der Waals surface area contributed by atoms with Gasteiger partial charge in [0.15, 0.2) is 0 Å². The summed E-state index contributed by atoms with van der Waals surface area (Å²) in [6, 6.07) is 0. The molecule has 0 saturated carbocycles. The molecule has 1 heteroatoms. The number of hydrogen-bond donors (Lipinski definition) is 1. The standard InChI is InChI=1S/C13H29N/c1-7-12(5)13(6,14)9-11(4)8-10(2)3/h10-12H,7-9,14H2,1-6H3. The molecule has 0 rings (SSSR count). The maximum atomic E-state index is 6.35. The molecule has 0 saturated heterocycles. The van der Waals surface area contributed by atoms with Gasteiger partial charge in [-0.05, 0) is 37.5 Å². The maximum Gasteiger partial charge on any atom is 0.0154 e. The van der Waals surface area contributed by atoms with Crippen molar-refractivity contribution in [3.63, 3.8) is 0 Å². The quantitative estimate of drug-likeness (QED) is 0.691. The molecule has 0 amide bonds. The molecule has 0 aromatic carbocycles. The number of hydrogen-bond acceptors (Lipinski definition) is 1. The molecule has 0 aliphatic carbocycles. The fourth-order valence-electron chi connectivity index (χ4n) is 2.31. The maximum absolute atomic E-state index is 6.35. The molecule has 0 spiro atoms. The predicted octanol–water partition coefficient (Wildman–Crippen LogP) is 3.82. The molecule has 1 nitrogen and oxygen atoms in total. The van der Waals surface area contributed by atoms with Gasteiger partial charge in [-0.25, -0.2) is 0 Å². The van der Waals surface area contributed by atoms with Gasteiger partial charge in [-0.3, -0.25) is 0 Å². The molecule has 0 heterocycles. The highest BCUT2D eigenvalue weighted by Crippen LogP contribution is 2.27. The fraction of sp³-hybridized carbons (Fsp3) is 1.00. The van der Waals surface area contributed by atoms with E-state index in [4.69, 9.17) is 5.73 Å². The average molecular weight is 199 g/mol. The summed E-state index contributed by atoms with van der Waals surface area (Å²) in [4.78, 5) is 0.